The Bertz CT molecular complexity index is 818. The predicted octanol–water partition coefficient (Wildman–Crippen LogP) is 5.70. The van der Waals surface area contributed by atoms with Crippen LogP contribution in [0.5, 0.6) is 0 Å². The highest BCUT2D eigenvalue weighted by atomic mass is 32.1. The van der Waals surface area contributed by atoms with E-state index in [0.717, 1.165) is 17.0 Å². The zero-order valence-electron chi connectivity index (χ0n) is 17.4. The Morgan fingerprint density at radius 1 is 1.06 bits per heavy atom. The summed E-state index contributed by atoms with van der Waals surface area (Å²) >= 11 is 1.55. The molecule has 178 valence electrons. The van der Waals surface area contributed by atoms with Gasteiger partial charge in [0.25, 0.3) is 0 Å². The Balaban J connectivity index is 0.000000751. The van der Waals surface area contributed by atoms with Gasteiger partial charge in [0.1, 0.15) is 0 Å². The predicted molar refractivity (Wildman–Crippen MR) is 111 cm³/mol. The summed E-state index contributed by atoms with van der Waals surface area (Å²) in [4.78, 5) is 21.6. The number of rotatable bonds is 8. The lowest BCUT2D eigenvalue weighted by Crippen LogP contribution is -2.33. The van der Waals surface area contributed by atoms with Crippen molar-refractivity contribution >= 4 is 29.2 Å². The fourth-order valence-electron chi connectivity index (χ4n) is 2.54. The molecule has 0 spiro atoms. The molecule has 11 heteroatoms. The van der Waals surface area contributed by atoms with Crippen LogP contribution in [0.1, 0.15) is 30.7 Å². The molecule has 1 amide bonds. The van der Waals surface area contributed by atoms with E-state index >= 15 is 0 Å². The van der Waals surface area contributed by atoms with Gasteiger partial charge in [0.05, 0.1) is 12.0 Å². The number of anilines is 1. The molecule has 1 heterocycles. The summed E-state index contributed by atoms with van der Waals surface area (Å²) in [6.07, 6.45) is -8.97. The molecule has 0 aliphatic carbocycles. The first-order valence-electron chi connectivity index (χ1n) is 9.57. The van der Waals surface area contributed by atoms with Gasteiger partial charge in [0.2, 0.25) is 12.2 Å². The van der Waals surface area contributed by atoms with Crippen LogP contribution in [0, 0.1) is 5.92 Å². The fraction of sp³-hybridized carbons (Fsp3) is 0.429. The number of carbonyl (C=O) groups excluding carboxylic acids is 2. The van der Waals surface area contributed by atoms with E-state index < -0.39 is 24.2 Å². The molecular formula is C21H24F6N2O2S. The van der Waals surface area contributed by atoms with E-state index in [9.17, 15) is 31.1 Å². The molecule has 1 aromatic carbocycles. The zero-order chi connectivity index (χ0) is 24.4. The number of hydrogen-bond acceptors (Lipinski definition) is 4. The standard InChI is InChI=1S/C19H23F3N2OS.C2HF3O/c1-13(2)17(9-10-23-18(25)12-16-4-3-11-26-16)24-15-7-5-14(6-8-15)19(20,21)22;3-2(4,5)1-6/h3-8,11,13,17,24H,9-10,12H2,1-2H3,(H,23,25);1H/t17-;/m0./s1. The van der Waals surface area contributed by atoms with Crippen LogP contribution in [0.3, 0.4) is 0 Å². The maximum atomic E-state index is 12.6. The Labute approximate surface area is 186 Å². The van der Waals surface area contributed by atoms with Crippen molar-refractivity contribution in [2.24, 2.45) is 5.92 Å². The van der Waals surface area contributed by atoms with Crippen molar-refractivity contribution in [3.8, 4) is 0 Å². The molecular weight excluding hydrogens is 458 g/mol. The average Bonchev–Trinajstić information content (AvgIpc) is 3.19. The van der Waals surface area contributed by atoms with E-state index in [1.165, 1.54) is 12.1 Å². The van der Waals surface area contributed by atoms with Gasteiger partial charge < -0.3 is 10.6 Å². The van der Waals surface area contributed by atoms with E-state index in [1.54, 1.807) is 11.3 Å². The van der Waals surface area contributed by atoms with Crippen molar-refractivity contribution < 1.29 is 35.9 Å². The molecule has 0 radical (unpaired) electrons. The molecule has 0 unspecified atom stereocenters. The van der Waals surface area contributed by atoms with Crippen molar-refractivity contribution in [1.82, 2.24) is 5.32 Å². The van der Waals surface area contributed by atoms with Gasteiger partial charge in [0.15, 0.2) is 0 Å². The minimum absolute atomic E-state index is 0.0236. The van der Waals surface area contributed by atoms with Crippen molar-refractivity contribution in [1.29, 1.82) is 0 Å². The zero-order valence-corrected chi connectivity index (χ0v) is 18.2. The minimum Gasteiger partial charge on any atom is -0.382 e. The number of amides is 1. The number of hydrogen-bond donors (Lipinski definition) is 2. The smallest absolute Gasteiger partial charge is 0.382 e. The van der Waals surface area contributed by atoms with Crippen LogP contribution >= 0.6 is 11.3 Å². The van der Waals surface area contributed by atoms with Gasteiger partial charge in [-0.25, -0.2) is 0 Å². The molecule has 32 heavy (non-hydrogen) atoms. The van der Waals surface area contributed by atoms with Crippen LogP contribution in [0.4, 0.5) is 32.0 Å². The van der Waals surface area contributed by atoms with Gasteiger partial charge in [-0.1, -0.05) is 19.9 Å². The Morgan fingerprint density at radius 2 is 1.66 bits per heavy atom. The first kappa shape index (κ1) is 27.5. The van der Waals surface area contributed by atoms with E-state index in [2.05, 4.69) is 10.6 Å². The number of aldehydes is 1. The normalized spacial score (nSPS) is 12.5. The summed E-state index contributed by atoms with van der Waals surface area (Å²) in [5.41, 5.74) is -0.0217. The maximum Gasteiger partial charge on any atom is 0.446 e. The molecule has 0 saturated carbocycles. The molecule has 2 aromatic rings. The van der Waals surface area contributed by atoms with Gasteiger partial charge in [0, 0.05) is 23.2 Å². The Kier molecular flexibility index (Phi) is 10.7. The number of carbonyl (C=O) groups is 2. The SMILES string of the molecule is CC(C)[C@H](CCNC(=O)Cc1cccs1)Nc1ccc(C(F)(F)F)cc1.O=CC(F)(F)F. The molecule has 0 saturated heterocycles. The number of nitrogens with one attached hydrogen (secondary N) is 2. The van der Waals surface area contributed by atoms with Crippen LogP contribution < -0.4 is 10.6 Å². The van der Waals surface area contributed by atoms with Crippen molar-refractivity contribution in [3.63, 3.8) is 0 Å². The highest BCUT2D eigenvalue weighted by Crippen LogP contribution is 2.30. The third kappa shape index (κ3) is 11.2. The van der Waals surface area contributed by atoms with E-state index in [1.807, 2.05) is 31.4 Å². The lowest BCUT2D eigenvalue weighted by atomic mass is 10.0. The average molecular weight is 482 g/mol. The van der Waals surface area contributed by atoms with Gasteiger partial charge in [-0.3, -0.25) is 9.59 Å². The van der Waals surface area contributed by atoms with E-state index in [4.69, 9.17) is 4.79 Å². The molecule has 2 rings (SSSR count). The number of alkyl halides is 6. The van der Waals surface area contributed by atoms with Crippen molar-refractivity contribution in [2.75, 3.05) is 11.9 Å². The number of halogens is 6. The van der Waals surface area contributed by atoms with Crippen molar-refractivity contribution in [2.45, 2.75) is 45.1 Å². The summed E-state index contributed by atoms with van der Waals surface area (Å²) in [5, 5.41) is 8.10. The Hall–Kier alpha value is -2.56. The van der Waals surface area contributed by atoms with Crippen LogP contribution in [0.15, 0.2) is 41.8 Å². The van der Waals surface area contributed by atoms with E-state index in [-0.39, 0.29) is 17.9 Å². The van der Waals surface area contributed by atoms with Crippen LogP contribution in [0.25, 0.3) is 0 Å². The van der Waals surface area contributed by atoms with Crippen LogP contribution in [-0.2, 0) is 22.2 Å². The lowest BCUT2D eigenvalue weighted by Gasteiger charge is -2.24. The molecule has 0 aliphatic heterocycles. The third-order valence-electron chi connectivity index (χ3n) is 4.20. The first-order valence-corrected chi connectivity index (χ1v) is 10.5. The summed E-state index contributed by atoms with van der Waals surface area (Å²) in [6.45, 7) is 4.59. The maximum absolute atomic E-state index is 12.6. The monoisotopic (exact) mass is 482 g/mol. The summed E-state index contributed by atoms with van der Waals surface area (Å²) in [5.74, 6) is 0.246. The summed E-state index contributed by atoms with van der Waals surface area (Å²) in [7, 11) is 0. The second-order valence-corrected chi connectivity index (χ2v) is 8.16. The molecule has 0 bridgehead atoms. The molecule has 1 atom stereocenters. The Morgan fingerprint density at radius 3 is 2.09 bits per heavy atom. The molecule has 2 N–H and O–H groups in total. The third-order valence-corrected chi connectivity index (χ3v) is 5.07. The number of thiophene rings is 1. The van der Waals surface area contributed by atoms with Crippen molar-refractivity contribution in [3.05, 3.63) is 52.2 Å². The molecule has 0 fully saturated rings. The topological polar surface area (TPSA) is 58.2 Å². The highest BCUT2D eigenvalue weighted by Gasteiger charge is 2.30. The largest absolute Gasteiger partial charge is 0.446 e. The highest BCUT2D eigenvalue weighted by molar-refractivity contribution is 7.10. The second-order valence-electron chi connectivity index (χ2n) is 7.12. The molecule has 1 aromatic heterocycles. The van der Waals surface area contributed by atoms with Crippen LogP contribution in [-0.4, -0.2) is 31.0 Å². The molecule has 4 nitrogen and oxygen atoms in total. The van der Waals surface area contributed by atoms with Gasteiger partial charge in [-0.15, -0.1) is 11.3 Å². The first-order chi connectivity index (χ1) is 14.8. The van der Waals surface area contributed by atoms with Gasteiger partial charge in [-0.05, 0) is 48.1 Å². The van der Waals surface area contributed by atoms with E-state index in [0.29, 0.717) is 25.1 Å². The second kappa shape index (κ2) is 12.5. The lowest BCUT2D eigenvalue weighted by molar-refractivity contribution is -0.156. The van der Waals surface area contributed by atoms with Crippen LogP contribution in [0.2, 0.25) is 0 Å². The summed E-state index contributed by atoms with van der Waals surface area (Å²) in [6, 6.07) is 8.91. The minimum atomic E-state index is -4.64. The molecule has 0 aliphatic rings. The number of benzene rings is 1. The van der Waals surface area contributed by atoms with Gasteiger partial charge in [-0.2, -0.15) is 26.3 Å². The summed E-state index contributed by atoms with van der Waals surface area (Å²) < 4.78 is 69.1. The van der Waals surface area contributed by atoms with Gasteiger partial charge >= 0.3 is 12.4 Å². The quantitative estimate of drug-likeness (QED) is 0.375. The fourth-order valence-corrected chi connectivity index (χ4v) is 3.25.